The zero-order chi connectivity index (χ0) is 22.8. The van der Waals surface area contributed by atoms with Gasteiger partial charge in [-0.1, -0.05) is 24.1 Å². The number of carbonyl (C=O) groups is 2. The Kier molecular flexibility index (Phi) is 6.41. The molecule has 168 valence electrons. The van der Waals surface area contributed by atoms with Crippen molar-refractivity contribution in [2.75, 3.05) is 11.9 Å². The van der Waals surface area contributed by atoms with Gasteiger partial charge in [-0.25, -0.2) is 4.98 Å². The molecule has 0 spiro atoms. The summed E-state index contributed by atoms with van der Waals surface area (Å²) >= 11 is 1.60. The Morgan fingerprint density at radius 1 is 1.06 bits per heavy atom. The molecule has 4 rings (SSSR count). The highest BCUT2D eigenvalue weighted by molar-refractivity contribution is 7.18. The highest BCUT2D eigenvalue weighted by Crippen LogP contribution is 2.32. The van der Waals surface area contributed by atoms with Gasteiger partial charge in [-0.05, 0) is 63.1 Å². The molecule has 0 saturated carbocycles. The SMILES string of the molecule is Cc1cc(C)c(NC(=O)CNC(=O)Cn2cnc3sc4c(c3c2=O)CCCCC4)c(C)c1. The Balaban J connectivity index is 1.42. The van der Waals surface area contributed by atoms with E-state index in [2.05, 4.69) is 15.6 Å². The number of nitrogens with zero attached hydrogens (tertiary/aromatic N) is 2. The maximum absolute atomic E-state index is 13.1. The molecule has 0 unspecified atom stereocenters. The van der Waals surface area contributed by atoms with Crippen LogP contribution >= 0.6 is 11.3 Å². The molecule has 3 aromatic rings. The second-order valence-electron chi connectivity index (χ2n) is 8.52. The summed E-state index contributed by atoms with van der Waals surface area (Å²) in [5.41, 5.74) is 4.77. The average molecular weight is 453 g/mol. The van der Waals surface area contributed by atoms with E-state index < -0.39 is 5.91 Å². The summed E-state index contributed by atoms with van der Waals surface area (Å²) in [5.74, 6) is -0.709. The van der Waals surface area contributed by atoms with Crippen molar-refractivity contribution in [3.63, 3.8) is 0 Å². The van der Waals surface area contributed by atoms with Gasteiger partial charge in [0.25, 0.3) is 5.56 Å². The third-order valence-corrected chi connectivity index (χ3v) is 7.09. The maximum Gasteiger partial charge on any atom is 0.262 e. The van der Waals surface area contributed by atoms with E-state index in [-0.39, 0.29) is 24.6 Å². The fourth-order valence-electron chi connectivity index (χ4n) is 4.42. The Bertz CT molecular complexity index is 1240. The molecule has 2 heterocycles. The number of amides is 2. The Labute approximate surface area is 190 Å². The van der Waals surface area contributed by atoms with Crippen LogP contribution in [0.1, 0.15) is 46.4 Å². The third kappa shape index (κ3) is 4.60. The number of thiophene rings is 1. The molecule has 8 heteroatoms. The highest BCUT2D eigenvalue weighted by Gasteiger charge is 2.20. The second kappa shape index (κ2) is 9.24. The van der Waals surface area contributed by atoms with Crippen LogP contribution in [0.4, 0.5) is 5.69 Å². The lowest BCUT2D eigenvalue weighted by Gasteiger charge is -2.13. The number of fused-ring (bicyclic) bond motifs is 3. The fraction of sp³-hybridized carbons (Fsp3) is 0.417. The molecule has 2 N–H and O–H groups in total. The smallest absolute Gasteiger partial charge is 0.262 e. The molecule has 0 fully saturated rings. The normalized spacial score (nSPS) is 13.5. The molecule has 0 aliphatic heterocycles. The van der Waals surface area contributed by atoms with Crippen molar-refractivity contribution in [1.29, 1.82) is 0 Å². The molecule has 32 heavy (non-hydrogen) atoms. The van der Waals surface area contributed by atoms with Crippen molar-refractivity contribution < 1.29 is 9.59 Å². The number of anilines is 1. The maximum atomic E-state index is 13.1. The second-order valence-corrected chi connectivity index (χ2v) is 9.60. The molecule has 0 radical (unpaired) electrons. The lowest BCUT2D eigenvalue weighted by molar-refractivity contribution is -0.124. The number of rotatable bonds is 5. The van der Waals surface area contributed by atoms with Crippen LogP contribution in [-0.2, 0) is 29.0 Å². The Morgan fingerprint density at radius 3 is 2.53 bits per heavy atom. The lowest BCUT2D eigenvalue weighted by atomic mass is 10.1. The van der Waals surface area contributed by atoms with Gasteiger partial charge in [0, 0.05) is 10.6 Å². The molecule has 7 nitrogen and oxygen atoms in total. The molecule has 0 atom stereocenters. The van der Waals surface area contributed by atoms with Crippen LogP contribution in [-0.4, -0.2) is 27.9 Å². The number of hydrogen-bond acceptors (Lipinski definition) is 5. The molecular formula is C24H28N4O3S. The third-order valence-electron chi connectivity index (χ3n) is 5.89. The highest BCUT2D eigenvalue weighted by atomic mass is 32.1. The van der Waals surface area contributed by atoms with E-state index in [1.807, 2.05) is 32.9 Å². The molecule has 0 bridgehead atoms. The first kappa shape index (κ1) is 22.2. The summed E-state index contributed by atoms with van der Waals surface area (Å²) < 4.78 is 1.34. The van der Waals surface area contributed by atoms with Crippen molar-refractivity contribution in [2.24, 2.45) is 0 Å². The first-order valence-electron chi connectivity index (χ1n) is 11.0. The molecule has 1 aliphatic rings. The van der Waals surface area contributed by atoms with E-state index in [4.69, 9.17) is 0 Å². The number of aryl methyl sites for hydroxylation is 5. The number of aromatic nitrogens is 2. The van der Waals surface area contributed by atoms with Gasteiger partial charge in [-0.15, -0.1) is 11.3 Å². The molecule has 1 aliphatic carbocycles. The number of benzene rings is 1. The minimum absolute atomic E-state index is 0.163. The lowest BCUT2D eigenvalue weighted by Crippen LogP contribution is -2.37. The van der Waals surface area contributed by atoms with Gasteiger partial charge in [0.05, 0.1) is 18.3 Å². The first-order chi connectivity index (χ1) is 15.3. The van der Waals surface area contributed by atoms with Gasteiger partial charge in [0.1, 0.15) is 11.4 Å². The number of hydrogen-bond donors (Lipinski definition) is 2. The predicted octanol–water partition coefficient (Wildman–Crippen LogP) is 3.41. The van der Waals surface area contributed by atoms with Crippen LogP contribution in [0.3, 0.4) is 0 Å². The summed E-state index contributed by atoms with van der Waals surface area (Å²) in [6.07, 6.45) is 6.69. The Hall–Kier alpha value is -3.00. The van der Waals surface area contributed by atoms with Gasteiger partial charge in [-0.3, -0.25) is 19.0 Å². The van der Waals surface area contributed by atoms with Crippen LogP contribution < -0.4 is 16.2 Å². The zero-order valence-electron chi connectivity index (χ0n) is 18.7. The number of nitrogens with one attached hydrogen (secondary N) is 2. The summed E-state index contributed by atoms with van der Waals surface area (Å²) in [4.78, 5) is 44.3. The Morgan fingerprint density at radius 2 is 1.78 bits per heavy atom. The molecule has 2 aromatic heterocycles. The minimum Gasteiger partial charge on any atom is -0.345 e. The quantitative estimate of drug-likeness (QED) is 0.580. The average Bonchev–Trinajstić information content (AvgIpc) is 2.93. The molecular weight excluding hydrogens is 424 g/mol. The number of carbonyl (C=O) groups excluding carboxylic acids is 2. The van der Waals surface area contributed by atoms with E-state index in [1.165, 1.54) is 22.2 Å². The van der Waals surface area contributed by atoms with Gasteiger partial charge in [-0.2, -0.15) is 0 Å². The van der Waals surface area contributed by atoms with E-state index in [1.54, 1.807) is 11.3 Å². The largest absolute Gasteiger partial charge is 0.345 e. The van der Waals surface area contributed by atoms with Crippen molar-refractivity contribution in [2.45, 2.75) is 59.4 Å². The van der Waals surface area contributed by atoms with E-state index in [0.29, 0.717) is 5.39 Å². The summed E-state index contributed by atoms with van der Waals surface area (Å²) in [7, 11) is 0. The van der Waals surface area contributed by atoms with Gasteiger partial charge in [0.2, 0.25) is 11.8 Å². The minimum atomic E-state index is -0.401. The summed E-state index contributed by atoms with van der Waals surface area (Å²) in [6.45, 7) is 5.56. The van der Waals surface area contributed by atoms with E-state index in [9.17, 15) is 14.4 Å². The molecule has 0 saturated heterocycles. The summed E-state index contributed by atoms with van der Waals surface area (Å²) in [5, 5.41) is 6.13. The molecule has 2 amide bonds. The van der Waals surface area contributed by atoms with Crippen molar-refractivity contribution in [3.05, 3.63) is 55.9 Å². The van der Waals surface area contributed by atoms with Crippen LogP contribution in [0, 0.1) is 20.8 Å². The van der Waals surface area contributed by atoms with Crippen molar-refractivity contribution in [1.82, 2.24) is 14.9 Å². The van der Waals surface area contributed by atoms with Crippen LogP contribution in [0.15, 0.2) is 23.3 Å². The standard InChI is InChI=1S/C24H28N4O3S/c1-14-9-15(2)22(16(3)10-14)27-19(29)11-25-20(30)12-28-13-26-23-21(24(28)31)17-7-5-4-6-8-18(17)32-23/h9-10,13H,4-8,11-12H2,1-3H3,(H,25,30)(H,27,29). The topological polar surface area (TPSA) is 93.1 Å². The monoisotopic (exact) mass is 452 g/mol. The van der Waals surface area contributed by atoms with Gasteiger partial charge < -0.3 is 10.6 Å². The van der Waals surface area contributed by atoms with Crippen LogP contribution in [0.2, 0.25) is 0 Å². The first-order valence-corrected chi connectivity index (χ1v) is 11.8. The predicted molar refractivity (Wildman–Crippen MR) is 127 cm³/mol. The fourth-order valence-corrected chi connectivity index (χ4v) is 5.64. The summed E-state index contributed by atoms with van der Waals surface area (Å²) in [6, 6.07) is 4.00. The van der Waals surface area contributed by atoms with Crippen molar-refractivity contribution >= 4 is 39.1 Å². The van der Waals surface area contributed by atoms with E-state index in [0.717, 1.165) is 58.5 Å². The van der Waals surface area contributed by atoms with Crippen LogP contribution in [0.5, 0.6) is 0 Å². The van der Waals surface area contributed by atoms with E-state index >= 15 is 0 Å². The van der Waals surface area contributed by atoms with Gasteiger partial charge in [0.15, 0.2) is 0 Å². The van der Waals surface area contributed by atoms with Gasteiger partial charge >= 0.3 is 0 Å². The van der Waals surface area contributed by atoms with Crippen molar-refractivity contribution in [3.8, 4) is 0 Å². The molecule has 1 aromatic carbocycles. The zero-order valence-corrected chi connectivity index (χ0v) is 19.5. The van der Waals surface area contributed by atoms with Crippen LogP contribution in [0.25, 0.3) is 10.2 Å².